The quantitative estimate of drug-likeness (QED) is 0.687. The molecule has 1 aromatic heterocycles. The predicted molar refractivity (Wildman–Crippen MR) is 94.8 cm³/mol. The van der Waals surface area contributed by atoms with E-state index in [1.807, 2.05) is 48.6 Å². The fraction of sp³-hybridized carbons (Fsp3) is 0.105. The number of methoxy groups -OCH3 is 1. The second-order valence-electron chi connectivity index (χ2n) is 5.33. The van der Waals surface area contributed by atoms with Gasteiger partial charge in [-0.1, -0.05) is 35.9 Å². The predicted octanol–water partition coefficient (Wildman–Crippen LogP) is 4.80. The van der Waals surface area contributed by atoms with Gasteiger partial charge in [-0.15, -0.1) is 0 Å². The molecule has 0 unspecified atom stereocenters. The first-order valence-corrected chi connectivity index (χ1v) is 7.83. The first-order valence-electron chi connectivity index (χ1n) is 7.45. The van der Waals surface area contributed by atoms with Crippen molar-refractivity contribution in [1.29, 1.82) is 0 Å². The van der Waals surface area contributed by atoms with E-state index in [4.69, 9.17) is 25.8 Å². The second kappa shape index (κ2) is 6.06. The molecule has 0 N–H and O–H groups in total. The third-order valence-corrected chi connectivity index (χ3v) is 4.18. The van der Waals surface area contributed by atoms with Crippen LogP contribution in [0, 0.1) is 0 Å². The van der Waals surface area contributed by atoms with Crippen molar-refractivity contribution in [2.75, 3.05) is 13.9 Å². The highest BCUT2D eigenvalue weighted by molar-refractivity contribution is 6.32. The molecule has 0 spiro atoms. The van der Waals surface area contributed by atoms with Gasteiger partial charge in [0.1, 0.15) is 11.3 Å². The van der Waals surface area contributed by atoms with Gasteiger partial charge >= 0.3 is 0 Å². The van der Waals surface area contributed by atoms with Crippen molar-refractivity contribution in [1.82, 2.24) is 4.98 Å². The highest BCUT2D eigenvalue weighted by atomic mass is 35.5. The molecule has 0 bridgehead atoms. The Bertz CT molecular complexity index is 953. The summed E-state index contributed by atoms with van der Waals surface area (Å²) in [4.78, 5) is 4.65. The van der Waals surface area contributed by atoms with Gasteiger partial charge in [0.2, 0.25) is 6.79 Å². The summed E-state index contributed by atoms with van der Waals surface area (Å²) >= 11 is 6.29. The van der Waals surface area contributed by atoms with Gasteiger partial charge in [-0.2, -0.15) is 0 Å². The van der Waals surface area contributed by atoms with Gasteiger partial charge in [-0.05, 0) is 29.8 Å². The van der Waals surface area contributed by atoms with Crippen LogP contribution in [-0.2, 0) is 0 Å². The maximum absolute atomic E-state index is 6.29. The van der Waals surface area contributed by atoms with E-state index in [9.17, 15) is 0 Å². The SMILES string of the molecule is COc1cccc2ccc(/C=C\c3cc4c(cc3Cl)OCO4)nc12. The summed E-state index contributed by atoms with van der Waals surface area (Å²) in [5.74, 6) is 2.13. The molecule has 0 radical (unpaired) electrons. The van der Waals surface area contributed by atoms with E-state index in [2.05, 4.69) is 4.98 Å². The minimum absolute atomic E-state index is 0.227. The van der Waals surface area contributed by atoms with E-state index >= 15 is 0 Å². The Morgan fingerprint density at radius 2 is 1.92 bits per heavy atom. The summed E-state index contributed by atoms with van der Waals surface area (Å²) in [6.45, 7) is 0.227. The first-order chi connectivity index (χ1) is 11.7. The lowest BCUT2D eigenvalue weighted by molar-refractivity contribution is 0.174. The highest BCUT2D eigenvalue weighted by Gasteiger charge is 2.15. The normalized spacial score (nSPS) is 12.9. The van der Waals surface area contributed by atoms with E-state index < -0.39 is 0 Å². The monoisotopic (exact) mass is 339 g/mol. The van der Waals surface area contributed by atoms with Crippen LogP contribution in [0.1, 0.15) is 11.3 Å². The van der Waals surface area contributed by atoms with Crippen LogP contribution in [0.4, 0.5) is 0 Å². The molecular weight excluding hydrogens is 326 g/mol. The number of hydrogen-bond acceptors (Lipinski definition) is 4. The van der Waals surface area contributed by atoms with E-state index in [-0.39, 0.29) is 6.79 Å². The third-order valence-electron chi connectivity index (χ3n) is 3.85. The molecule has 0 aliphatic carbocycles. The molecule has 120 valence electrons. The van der Waals surface area contributed by atoms with Crippen molar-refractivity contribution >= 4 is 34.7 Å². The summed E-state index contributed by atoms with van der Waals surface area (Å²) in [6.07, 6.45) is 3.82. The van der Waals surface area contributed by atoms with Gasteiger partial charge in [0.25, 0.3) is 0 Å². The van der Waals surface area contributed by atoms with Gasteiger partial charge < -0.3 is 14.2 Å². The molecule has 2 aromatic carbocycles. The van der Waals surface area contributed by atoms with E-state index in [0.717, 1.165) is 27.9 Å². The summed E-state index contributed by atoms with van der Waals surface area (Å²) in [5, 5.41) is 1.64. The van der Waals surface area contributed by atoms with Crippen LogP contribution in [0.15, 0.2) is 42.5 Å². The summed E-state index contributed by atoms with van der Waals surface area (Å²) in [6, 6.07) is 13.5. The smallest absolute Gasteiger partial charge is 0.231 e. The largest absolute Gasteiger partial charge is 0.494 e. The van der Waals surface area contributed by atoms with Crippen LogP contribution >= 0.6 is 11.6 Å². The number of hydrogen-bond donors (Lipinski definition) is 0. The van der Waals surface area contributed by atoms with Gasteiger partial charge in [0.05, 0.1) is 17.8 Å². The molecule has 0 amide bonds. The average Bonchev–Trinajstić information content (AvgIpc) is 3.06. The maximum Gasteiger partial charge on any atom is 0.231 e. The summed E-state index contributed by atoms with van der Waals surface area (Å²) in [5.41, 5.74) is 2.50. The molecule has 0 atom stereocenters. The molecule has 5 heteroatoms. The number of aromatic nitrogens is 1. The first kappa shape index (κ1) is 14.8. The molecule has 4 nitrogen and oxygen atoms in total. The Morgan fingerprint density at radius 3 is 2.75 bits per heavy atom. The summed E-state index contributed by atoms with van der Waals surface area (Å²) < 4.78 is 16.1. The number of ether oxygens (including phenoxy) is 3. The maximum atomic E-state index is 6.29. The van der Waals surface area contributed by atoms with Crippen LogP contribution in [0.5, 0.6) is 17.2 Å². The zero-order valence-electron chi connectivity index (χ0n) is 13.0. The molecule has 2 heterocycles. The van der Waals surface area contributed by atoms with Gasteiger partial charge in [-0.3, -0.25) is 0 Å². The van der Waals surface area contributed by atoms with Crippen molar-refractivity contribution in [3.05, 3.63) is 58.7 Å². The second-order valence-corrected chi connectivity index (χ2v) is 5.74. The number of halogens is 1. The molecule has 1 aliphatic heterocycles. The number of rotatable bonds is 3. The van der Waals surface area contributed by atoms with Crippen molar-refractivity contribution in [2.24, 2.45) is 0 Å². The Kier molecular flexibility index (Phi) is 3.75. The van der Waals surface area contributed by atoms with Gasteiger partial charge in [-0.25, -0.2) is 4.98 Å². The van der Waals surface area contributed by atoms with Gasteiger partial charge in [0.15, 0.2) is 11.5 Å². The number of pyridine rings is 1. The van der Waals surface area contributed by atoms with Gasteiger partial charge in [0, 0.05) is 11.5 Å². The fourth-order valence-electron chi connectivity index (χ4n) is 2.63. The van der Waals surface area contributed by atoms with Crippen molar-refractivity contribution in [2.45, 2.75) is 0 Å². The van der Waals surface area contributed by atoms with Crippen LogP contribution in [0.25, 0.3) is 23.1 Å². The number of para-hydroxylation sites is 1. The Hall–Kier alpha value is -2.72. The minimum Gasteiger partial charge on any atom is -0.494 e. The zero-order chi connectivity index (χ0) is 16.5. The van der Waals surface area contributed by atoms with E-state index in [0.29, 0.717) is 16.5 Å². The molecule has 4 rings (SSSR count). The van der Waals surface area contributed by atoms with Crippen molar-refractivity contribution < 1.29 is 14.2 Å². The summed E-state index contributed by atoms with van der Waals surface area (Å²) in [7, 11) is 1.64. The van der Waals surface area contributed by atoms with Crippen LogP contribution < -0.4 is 14.2 Å². The number of nitrogens with zero attached hydrogens (tertiary/aromatic N) is 1. The Labute approximate surface area is 144 Å². The average molecular weight is 340 g/mol. The van der Waals surface area contributed by atoms with Crippen molar-refractivity contribution in [3.63, 3.8) is 0 Å². The molecule has 0 saturated carbocycles. The molecule has 1 aliphatic rings. The van der Waals surface area contributed by atoms with Crippen LogP contribution in [0.2, 0.25) is 5.02 Å². The van der Waals surface area contributed by atoms with Crippen molar-refractivity contribution in [3.8, 4) is 17.2 Å². The molecule has 0 fully saturated rings. The highest BCUT2D eigenvalue weighted by Crippen LogP contribution is 2.37. The number of benzene rings is 2. The van der Waals surface area contributed by atoms with Crippen LogP contribution in [0.3, 0.4) is 0 Å². The van der Waals surface area contributed by atoms with E-state index in [1.54, 1.807) is 13.2 Å². The van der Waals surface area contributed by atoms with E-state index in [1.165, 1.54) is 0 Å². The standard InChI is InChI=1S/C19H14ClNO3/c1-22-16-4-2-3-12-5-7-14(21-19(12)16)8-6-13-9-17-18(10-15(13)20)24-11-23-17/h2-10H,11H2,1H3/b8-6-. The minimum atomic E-state index is 0.227. The zero-order valence-corrected chi connectivity index (χ0v) is 13.7. The molecule has 24 heavy (non-hydrogen) atoms. The third kappa shape index (κ3) is 2.65. The Morgan fingerprint density at radius 1 is 1.08 bits per heavy atom. The molecule has 3 aromatic rings. The molecular formula is C19H14ClNO3. The lowest BCUT2D eigenvalue weighted by Gasteiger charge is -2.05. The Balaban J connectivity index is 1.70. The molecule has 0 saturated heterocycles. The fourth-order valence-corrected chi connectivity index (χ4v) is 2.84. The topological polar surface area (TPSA) is 40.6 Å². The lowest BCUT2D eigenvalue weighted by atomic mass is 10.1. The lowest BCUT2D eigenvalue weighted by Crippen LogP contribution is -1.92. The van der Waals surface area contributed by atoms with Crippen LogP contribution in [-0.4, -0.2) is 18.9 Å². The number of fused-ring (bicyclic) bond motifs is 2.